The Labute approximate surface area is 99.9 Å². The maximum absolute atomic E-state index is 12.9. The van der Waals surface area contributed by atoms with Gasteiger partial charge in [0.25, 0.3) is 0 Å². The van der Waals surface area contributed by atoms with Gasteiger partial charge in [-0.15, -0.1) is 0 Å². The molecule has 0 spiro atoms. The van der Waals surface area contributed by atoms with Gasteiger partial charge in [0.05, 0.1) is 0 Å². The molecule has 1 aromatic carbocycles. The first-order valence-corrected chi connectivity index (χ1v) is 5.48. The quantitative estimate of drug-likeness (QED) is 0.756. The SMILES string of the molecule is CN(CCc1ccccc1)c1cc(F)ncn1. The molecule has 0 amide bonds. The third kappa shape index (κ3) is 3.24. The Bertz CT molecular complexity index is 473. The summed E-state index contributed by atoms with van der Waals surface area (Å²) >= 11 is 0. The Morgan fingerprint density at radius 1 is 1.18 bits per heavy atom. The zero-order valence-electron chi connectivity index (χ0n) is 9.68. The van der Waals surface area contributed by atoms with Gasteiger partial charge in [-0.05, 0) is 12.0 Å². The van der Waals surface area contributed by atoms with E-state index in [1.807, 2.05) is 30.1 Å². The number of rotatable bonds is 4. The molecule has 0 unspecified atom stereocenters. The fourth-order valence-electron chi connectivity index (χ4n) is 1.59. The second-order valence-electron chi connectivity index (χ2n) is 3.86. The number of aromatic nitrogens is 2. The van der Waals surface area contributed by atoms with Crippen LogP contribution >= 0.6 is 0 Å². The van der Waals surface area contributed by atoms with Crippen molar-refractivity contribution in [2.45, 2.75) is 6.42 Å². The molecular formula is C13H14FN3. The van der Waals surface area contributed by atoms with E-state index in [1.54, 1.807) is 0 Å². The van der Waals surface area contributed by atoms with E-state index in [9.17, 15) is 4.39 Å². The van der Waals surface area contributed by atoms with E-state index in [0.29, 0.717) is 5.82 Å². The second kappa shape index (κ2) is 5.39. The van der Waals surface area contributed by atoms with E-state index in [2.05, 4.69) is 22.1 Å². The maximum atomic E-state index is 12.9. The molecule has 3 nitrogen and oxygen atoms in total. The lowest BCUT2D eigenvalue weighted by Gasteiger charge is -2.17. The summed E-state index contributed by atoms with van der Waals surface area (Å²) in [4.78, 5) is 9.38. The average Bonchev–Trinajstić information content (AvgIpc) is 2.37. The minimum atomic E-state index is -0.499. The Morgan fingerprint density at radius 3 is 2.65 bits per heavy atom. The summed E-state index contributed by atoms with van der Waals surface area (Å²) in [6.45, 7) is 0.792. The van der Waals surface area contributed by atoms with Crippen molar-refractivity contribution in [2.24, 2.45) is 0 Å². The molecule has 0 aliphatic heterocycles. The molecule has 0 saturated heterocycles. The first-order valence-electron chi connectivity index (χ1n) is 5.48. The van der Waals surface area contributed by atoms with E-state index in [0.717, 1.165) is 13.0 Å². The van der Waals surface area contributed by atoms with Crippen molar-refractivity contribution >= 4 is 5.82 Å². The van der Waals surface area contributed by atoms with E-state index < -0.39 is 5.95 Å². The smallest absolute Gasteiger partial charge is 0.218 e. The van der Waals surface area contributed by atoms with Crippen LogP contribution in [0.25, 0.3) is 0 Å². The minimum absolute atomic E-state index is 0.499. The van der Waals surface area contributed by atoms with Crippen LogP contribution in [0.3, 0.4) is 0 Å². The standard InChI is InChI=1S/C13H14FN3/c1-17(13-9-12(14)15-10-16-13)8-7-11-5-3-2-4-6-11/h2-6,9-10H,7-8H2,1H3. The van der Waals surface area contributed by atoms with Gasteiger partial charge in [0.2, 0.25) is 5.95 Å². The molecule has 17 heavy (non-hydrogen) atoms. The van der Waals surface area contributed by atoms with Gasteiger partial charge in [0.1, 0.15) is 12.1 Å². The highest BCUT2D eigenvalue weighted by Gasteiger charge is 2.04. The van der Waals surface area contributed by atoms with Crippen molar-refractivity contribution in [3.8, 4) is 0 Å². The van der Waals surface area contributed by atoms with Crippen molar-refractivity contribution < 1.29 is 4.39 Å². The number of likely N-dealkylation sites (N-methyl/N-ethyl adjacent to an activating group) is 1. The van der Waals surface area contributed by atoms with Crippen molar-refractivity contribution in [3.63, 3.8) is 0 Å². The largest absolute Gasteiger partial charge is 0.359 e. The van der Waals surface area contributed by atoms with Crippen LogP contribution in [0.15, 0.2) is 42.7 Å². The lowest BCUT2D eigenvalue weighted by atomic mass is 10.1. The highest BCUT2D eigenvalue weighted by Crippen LogP contribution is 2.09. The van der Waals surface area contributed by atoms with Crippen LogP contribution in [0.4, 0.5) is 10.2 Å². The molecule has 0 saturated carbocycles. The van der Waals surface area contributed by atoms with Crippen LogP contribution in [-0.2, 0) is 6.42 Å². The van der Waals surface area contributed by atoms with Crippen molar-refractivity contribution in [1.29, 1.82) is 0 Å². The molecule has 0 bridgehead atoms. The number of halogens is 1. The summed E-state index contributed by atoms with van der Waals surface area (Å²) in [6, 6.07) is 11.5. The summed E-state index contributed by atoms with van der Waals surface area (Å²) in [7, 11) is 1.89. The van der Waals surface area contributed by atoms with Crippen molar-refractivity contribution in [3.05, 3.63) is 54.2 Å². The van der Waals surface area contributed by atoms with Crippen LogP contribution in [0, 0.1) is 5.95 Å². The van der Waals surface area contributed by atoms with Crippen LogP contribution in [-0.4, -0.2) is 23.6 Å². The van der Waals surface area contributed by atoms with Crippen molar-refractivity contribution in [2.75, 3.05) is 18.5 Å². The normalized spacial score (nSPS) is 10.2. The Morgan fingerprint density at radius 2 is 1.94 bits per heavy atom. The molecular weight excluding hydrogens is 217 g/mol. The molecule has 88 valence electrons. The lowest BCUT2D eigenvalue weighted by Crippen LogP contribution is -2.21. The Kier molecular flexibility index (Phi) is 3.65. The van der Waals surface area contributed by atoms with E-state index >= 15 is 0 Å². The maximum Gasteiger partial charge on any atom is 0.218 e. The van der Waals surface area contributed by atoms with Gasteiger partial charge >= 0.3 is 0 Å². The molecule has 2 aromatic rings. The molecule has 0 aliphatic rings. The van der Waals surface area contributed by atoms with Crippen LogP contribution in [0.2, 0.25) is 0 Å². The highest BCUT2D eigenvalue weighted by molar-refractivity contribution is 5.35. The second-order valence-corrected chi connectivity index (χ2v) is 3.86. The predicted molar refractivity (Wildman–Crippen MR) is 65.4 cm³/mol. The highest BCUT2D eigenvalue weighted by atomic mass is 19.1. The van der Waals surface area contributed by atoms with Gasteiger partial charge in [-0.2, -0.15) is 4.39 Å². The lowest BCUT2D eigenvalue weighted by molar-refractivity contribution is 0.578. The van der Waals surface area contributed by atoms with Gasteiger partial charge < -0.3 is 4.90 Å². The topological polar surface area (TPSA) is 29.0 Å². The van der Waals surface area contributed by atoms with E-state index in [4.69, 9.17) is 0 Å². The van der Waals surface area contributed by atoms with Crippen LogP contribution < -0.4 is 4.90 Å². The molecule has 0 radical (unpaired) electrons. The van der Waals surface area contributed by atoms with E-state index in [-0.39, 0.29) is 0 Å². The zero-order valence-corrected chi connectivity index (χ0v) is 9.68. The first-order chi connectivity index (χ1) is 8.25. The molecule has 1 heterocycles. The summed E-state index contributed by atoms with van der Waals surface area (Å²) in [5, 5.41) is 0. The molecule has 2 rings (SSSR count). The fourth-order valence-corrected chi connectivity index (χ4v) is 1.59. The zero-order chi connectivity index (χ0) is 12.1. The molecule has 0 N–H and O–H groups in total. The Hall–Kier alpha value is -1.97. The van der Waals surface area contributed by atoms with Gasteiger partial charge in [-0.25, -0.2) is 9.97 Å². The van der Waals surface area contributed by atoms with Crippen LogP contribution in [0.5, 0.6) is 0 Å². The monoisotopic (exact) mass is 231 g/mol. The molecule has 0 fully saturated rings. The molecule has 1 aromatic heterocycles. The minimum Gasteiger partial charge on any atom is -0.359 e. The average molecular weight is 231 g/mol. The summed E-state index contributed by atoms with van der Waals surface area (Å²) in [6.07, 6.45) is 2.15. The van der Waals surface area contributed by atoms with Gasteiger partial charge in [0, 0.05) is 19.7 Å². The van der Waals surface area contributed by atoms with Gasteiger partial charge in [0.15, 0.2) is 0 Å². The van der Waals surface area contributed by atoms with Crippen LogP contribution in [0.1, 0.15) is 5.56 Å². The number of hydrogen-bond donors (Lipinski definition) is 0. The number of hydrogen-bond acceptors (Lipinski definition) is 3. The summed E-state index contributed by atoms with van der Waals surface area (Å²) < 4.78 is 12.9. The third-order valence-corrected chi connectivity index (χ3v) is 2.59. The van der Waals surface area contributed by atoms with Crippen molar-refractivity contribution in [1.82, 2.24) is 9.97 Å². The molecule has 4 heteroatoms. The molecule has 0 atom stereocenters. The number of nitrogens with zero attached hydrogens (tertiary/aromatic N) is 3. The predicted octanol–water partition coefficient (Wildman–Crippen LogP) is 2.29. The number of anilines is 1. The molecule has 0 aliphatic carbocycles. The summed E-state index contributed by atoms with van der Waals surface area (Å²) in [5.74, 6) is 0.106. The fraction of sp³-hybridized carbons (Fsp3) is 0.231. The Balaban J connectivity index is 1.96. The van der Waals surface area contributed by atoms with Gasteiger partial charge in [-0.1, -0.05) is 30.3 Å². The summed E-state index contributed by atoms with van der Waals surface area (Å²) in [5.41, 5.74) is 1.26. The third-order valence-electron chi connectivity index (χ3n) is 2.59. The van der Waals surface area contributed by atoms with E-state index in [1.165, 1.54) is 18.0 Å². The first kappa shape index (κ1) is 11.5. The number of benzene rings is 1. The van der Waals surface area contributed by atoms with Gasteiger partial charge in [-0.3, -0.25) is 0 Å².